The van der Waals surface area contributed by atoms with E-state index in [1.54, 1.807) is 0 Å². The van der Waals surface area contributed by atoms with Gasteiger partial charge < -0.3 is 5.32 Å². The van der Waals surface area contributed by atoms with Crippen molar-refractivity contribution < 1.29 is 4.79 Å². The molecule has 0 aliphatic heterocycles. The van der Waals surface area contributed by atoms with Crippen molar-refractivity contribution in [3.05, 3.63) is 87.8 Å². The maximum atomic E-state index is 13.2. The molecule has 0 bridgehead atoms. The average molecular weight is 430 g/mol. The minimum Gasteiger partial charge on any atom is -0.354 e. The highest BCUT2D eigenvalue weighted by Crippen LogP contribution is 2.47. The minimum absolute atomic E-state index is 0.0319. The van der Waals surface area contributed by atoms with Crippen LogP contribution in [0.5, 0.6) is 0 Å². The van der Waals surface area contributed by atoms with Gasteiger partial charge in [-0.1, -0.05) is 60.2 Å². The Kier molecular flexibility index (Phi) is 4.94. The molecular weight excluding hydrogens is 406 g/mol. The van der Waals surface area contributed by atoms with Gasteiger partial charge >= 0.3 is 0 Å². The van der Waals surface area contributed by atoms with Crippen LogP contribution >= 0.6 is 11.3 Å². The number of benzene rings is 2. The summed E-state index contributed by atoms with van der Waals surface area (Å²) in [4.78, 5) is 30.9. The SMILES string of the molecule is Cc1ccc(-c2csc3ncn(CC(=O)NCC4(c5ccccc5)CC4)c(=O)c23)cc1. The first-order valence-corrected chi connectivity index (χ1v) is 11.3. The van der Waals surface area contributed by atoms with E-state index < -0.39 is 0 Å². The van der Waals surface area contributed by atoms with Crippen molar-refractivity contribution >= 4 is 27.5 Å². The molecule has 0 atom stereocenters. The van der Waals surface area contributed by atoms with Gasteiger partial charge in [0.15, 0.2) is 0 Å². The number of nitrogens with zero attached hydrogens (tertiary/aromatic N) is 2. The molecule has 156 valence electrons. The van der Waals surface area contributed by atoms with Gasteiger partial charge in [-0.15, -0.1) is 11.3 Å². The molecule has 1 aliphatic carbocycles. The third kappa shape index (κ3) is 3.79. The fourth-order valence-corrected chi connectivity index (χ4v) is 4.92. The molecule has 4 aromatic rings. The van der Waals surface area contributed by atoms with Crippen LogP contribution in [0.15, 0.2) is 71.1 Å². The topological polar surface area (TPSA) is 64.0 Å². The van der Waals surface area contributed by atoms with E-state index in [1.165, 1.54) is 33.4 Å². The number of fused-ring (bicyclic) bond motifs is 1. The predicted molar refractivity (Wildman–Crippen MR) is 124 cm³/mol. The van der Waals surface area contributed by atoms with E-state index in [0.717, 1.165) is 24.0 Å². The number of aromatic nitrogens is 2. The van der Waals surface area contributed by atoms with Crippen molar-refractivity contribution in [2.24, 2.45) is 0 Å². The zero-order chi connectivity index (χ0) is 21.4. The van der Waals surface area contributed by atoms with Crippen LogP contribution in [0.4, 0.5) is 0 Å². The lowest BCUT2D eigenvalue weighted by Crippen LogP contribution is -2.36. The third-order valence-corrected chi connectivity index (χ3v) is 6.99. The number of hydrogen-bond donors (Lipinski definition) is 1. The highest BCUT2D eigenvalue weighted by molar-refractivity contribution is 7.17. The molecule has 0 saturated heterocycles. The molecule has 2 heterocycles. The number of rotatable bonds is 6. The molecule has 1 N–H and O–H groups in total. The van der Waals surface area contributed by atoms with Crippen LogP contribution in [0, 0.1) is 6.92 Å². The molecule has 6 heteroatoms. The van der Waals surface area contributed by atoms with E-state index in [4.69, 9.17) is 0 Å². The summed E-state index contributed by atoms with van der Waals surface area (Å²) in [6, 6.07) is 18.4. The molecular formula is C25H23N3O2S. The Bertz CT molecular complexity index is 1300. The molecule has 5 nitrogen and oxygen atoms in total. The largest absolute Gasteiger partial charge is 0.354 e. The quantitative estimate of drug-likeness (QED) is 0.498. The summed E-state index contributed by atoms with van der Waals surface area (Å²) in [6.07, 6.45) is 3.61. The zero-order valence-corrected chi connectivity index (χ0v) is 18.1. The fourth-order valence-electron chi connectivity index (χ4n) is 4.01. The summed E-state index contributed by atoms with van der Waals surface area (Å²) < 4.78 is 1.41. The third-order valence-electron chi connectivity index (χ3n) is 6.10. The Morgan fingerprint density at radius 3 is 2.58 bits per heavy atom. The van der Waals surface area contributed by atoms with Gasteiger partial charge in [-0.05, 0) is 30.9 Å². The number of carbonyl (C=O) groups excluding carboxylic acids is 1. The van der Waals surface area contributed by atoms with Gasteiger partial charge in [0, 0.05) is 22.9 Å². The van der Waals surface area contributed by atoms with Gasteiger partial charge in [-0.2, -0.15) is 0 Å². The number of hydrogen-bond acceptors (Lipinski definition) is 4. The first-order chi connectivity index (χ1) is 15.1. The normalized spacial score (nSPS) is 14.5. The highest BCUT2D eigenvalue weighted by Gasteiger charge is 2.44. The number of nitrogens with one attached hydrogen (secondary N) is 1. The molecule has 0 spiro atoms. The molecule has 0 radical (unpaired) electrons. The monoisotopic (exact) mass is 429 g/mol. The van der Waals surface area contributed by atoms with Gasteiger partial charge in [0.2, 0.25) is 5.91 Å². The summed E-state index contributed by atoms with van der Waals surface area (Å²) in [5.74, 6) is -0.169. The summed E-state index contributed by atoms with van der Waals surface area (Å²) in [7, 11) is 0. The second-order valence-corrected chi connectivity index (χ2v) is 9.15. The van der Waals surface area contributed by atoms with Crippen molar-refractivity contribution in [1.29, 1.82) is 0 Å². The second kappa shape index (κ2) is 7.78. The van der Waals surface area contributed by atoms with Gasteiger partial charge in [0.25, 0.3) is 5.56 Å². The van der Waals surface area contributed by atoms with Crippen LogP contribution in [0.1, 0.15) is 24.0 Å². The molecule has 2 aromatic heterocycles. The lowest BCUT2D eigenvalue weighted by Gasteiger charge is -2.17. The molecule has 1 amide bonds. The zero-order valence-electron chi connectivity index (χ0n) is 17.3. The summed E-state index contributed by atoms with van der Waals surface area (Å²) in [5, 5.41) is 5.57. The summed E-state index contributed by atoms with van der Waals surface area (Å²) in [5.41, 5.74) is 4.14. The van der Waals surface area contributed by atoms with E-state index in [-0.39, 0.29) is 23.4 Å². The van der Waals surface area contributed by atoms with E-state index in [0.29, 0.717) is 16.8 Å². The highest BCUT2D eigenvalue weighted by atomic mass is 32.1. The van der Waals surface area contributed by atoms with E-state index in [2.05, 4.69) is 22.4 Å². The predicted octanol–water partition coefficient (Wildman–Crippen LogP) is 4.28. The first-order valence-electron chi connectivity index (χ1n) is 10.4. The Labute approximate surface area is 184 Å². The first kappa shape index (κ1) is 19.7. The van der Waals surface area contributed by atoms with E-state index in [9.17, 15) is 9.59 Å². The fraction of sp³-hybridized carbons (Fsp3) is 0.240. The maximum absolute atomic E-state index is 13.2. The van der Waals surface area contributed by atoms with Crippen molar-refractivity contribution in [3.8, 4) is 11.1 Å². The number of thiophene rings is 1. The molecule has 2 aromatic carbocycles. The van der Waals surface area contributed by atoms with Crippen LogP contribution < -0.4 is 10.9 Å². The lowest BCUT2D eigenvalue weighted by molar-refractivity contribution is -0.121. The maximum Gasteiger partial charge on any atom is 0.263 e. The molecule has 1 saturated carbocycles. The minimum atomic E-state index is -0.179. The average Bonchev–Trinajstić information content (AvgIpc) is 3.47. The van der Waals surface area contributed by atoms with Gasteiger partial charge in [-0.25, -0.2) is 4.98 Å². The van der Waals surface area contributed by atoms with Gasteiger partial charge in [0.1, 0.15) is 11.4 Å². The Hall–Kier alpha value is -3.25. The smallest absolute Gasteiger partial charge is 0.263 e. The second-order valence-electron chi connectivity index (χ2n) is 8.30. The molecule has 5 rings (SSSR count). The van der Waals surface area contributed by atoms with Crippen molar-refractivity contribution in [1.82, 2.24) is 14.9 Å². The van der Waals surface area contributed by atoms with Crippen LogP contribution in [0.25, 0.3) is 21.3 Å². The van der Waals surface area contributed by atoms with E-state index >= 15 is 0 Å². The van der Waals surface area contributed by atoms with Crippen LogP contribution in [-0.2, 0) is 16.8 Å². The standard InChI is InChI=1S/C25H23N3O2S/c1-17-7-9-18(10-8-17)20-14-31-23-22(20)24(30)28(16-27-23)13-21(29)26-15-25(11-12-25)19-5-3-2-4-6-19/h2-10,14,16H,11-13,15H2,1H3,(H,26,29). The number of carbonyl (C=O) groups is 1. The van der Waals surface area contributed by atoms with Crippen molar-refractivity contribution in [2.75, 3.05) is 6.54 Å². The van der Waals surface area contributed by atoms with Crippen molar-refractivity contribution in [2.45, 2.75) is 31.7 Å². The summed E-state index contributed by atoms with van der Waals surface area (Å²) in [6.45, 7) is 2.59. The summed E-state index contributed by atoms with van der Waals surface area (Å²) >= 11 is 1.45. The number of aryl methyl sites for hydroxylation is 1. The van der Waals surface area contributed by atoms with Crippen LogP contribution in [0.2, 0.25) is 0 Å². The number of amides is 1. The molecule has 31 heavy (non-hydrogen) atoms. The Morgan fingerprint density at radius 1 is 1.13 bits per heavy atom. The Balaban J connectivity index is 1.35. The Morgan fingerprint density at radius 2 is 1.87 bits per heavy atom. The van der Waals surface area contributed by atoms with Gasteiger partial charge in [-0.3, -0.25) is 14.2 Å². The van der Waals surface area contributed by atoms with E-state index in [1.807, 2.05) is 54.8 Å². The molecule has 1 fully saturated rings. The molecule has 1 aliphatic rings. The van der Waals surface area contributed by atoms with Crippen molar-refractivity contribution in [3.63, 3.8) is 0 Å². The lowest BCUT2D eigenvalue weighted by atomic mass is 9.96. The van der Waals surface area contributed by atoms with Gasteiger partial charge in [0.05, 0.1) is 11.7 Å². The molecule has 0 unspecified atom stereocenters. The van der Waals surface area contributed by atoms with Crippen LogP contribution in [0.3, 0.4) is 0 Å². The van der Waals surface area contributed by atoms with Crippen LogP contribution in [-0.4, -0.2) is 22.0 Å².